The first kappa shape index (κ1) is 14.3. The summed E-state index contributed by atoms with van der Waals surface area (Å²) in [5.74, 6) is 0.874. The summed E-state index contributed by atoms with van der Waals surface area (Å²) in [4.78, 5) is 26.3. The fraction of sp³-hybridized carbons (Fsp3) is 0.800. The van der Waals surface area contributed by atoms with Gasteiger partial charge in [0.15, 0.2) is 0 Å². The quantitative estimate of drug-likeness (QED) is 0.636. The molecule has 0 bridgehead atoms. The minimum absolute atomic E-state index is 0.000889. The van der Waals surface area contributed by atoms with Crippen LogP contribution >= 0.6 is 11.8 Å². The Kier molecular flexibility index (Phi) is 6.31. The van der Waals surface area contributed by atoms with E-state index in [4.69, 9.17) is 9.84 Å². The van der Waals surface area contributed by atoms with Gasteiger partial charge in [-0.3, -0.25) is 9.59 Å². The Morgan fingerprint density at radius 2 is 2.35 bits per heavy atom. The second-order valence-corrected chi connectivity index (χ2v) is 4.62. The van der Waals surface area contributed by atoms with Crippen LogP contribution in [0.5, 0.6) is 0 Å². The van der Waals surface area contributed by atoms with Crippen molar-refractivity contribution in [3.05, 3.63) is 0 Å². The molecule has 1 rings (SSSR count). The van der Waals surface area contributed by atoms with E-state index in [-0.39, 0.29) is 31.5 Å². The lowest BCUT2D eigenvalue weighted by atomic mass is 10.4. The van der Waals surface area contributed by atoms with Crippen LogP contribution in [0.1, 0.15) is 0 Å². The zero-order chi connectivity index (χ0) is 12.7. The maximum absolute atomic E-state index is 11.9. The number of hydrogen-bond acceptors (Lipinski definition) is 5. The minimum atomic E-state index is -0.146. The van der Waals surface area contributed by atoms with Gasteiger partial charge < -0.3 is 19.6 Å². The van der Waals surface area contributed by atoms with Gasteiger partial charge in [-0.05, 0) is 0 Å². The lowest BCUT2D eigenvalue weighted by Gasteiger charge is -2.24. The second kappa shape index (κ2) is 7.52. The molecule has 1 heterocycles. The fourth-order valence-electron chi connectivity index (χ4n) is 1.49. The van der Waals surface area contributed by atoms with Crippen molar-refractivity contribution in [3.8, 4) is 0 Å². The number of ether oxygens (including phenoxy) is 1. The van der Waals surface area contributed by atoms with Crippen LogP contribution in [-0.4, -0.2) is 78.3 Å². The molecule has 1 saturated heterocycles. The fourth-order valence-corrected chi connectivity index (χ4v) is 2.39. The highest BCUT2D eigenvalue weighted by Crippen LogP contribution is 2.14. The summed E-state index contributed by atoms with van der Waals surface area (Å²) in [6, 6.07) is 0. The van der Waals surface area contributed by atoms with E-state index >= 15 is 0 Å². The summed E-state index contributed by atoms with van der Waals surface area (Å²) in [7, 11) is 1.56. The maximum atomic E-state index is 11.9. The van der Waals surface area contributed by atoms with Crippen LogP contribution in [0, 0.1) is 0 Å². The molecule has 98 valence electrons. The molecule has 7 heteroatoms. The Morgan fingerprint density at radius 3 is 2.88 bits per heavy atom. The summed E-state index contributed by atoms with van der Waals surface area (Å²) in [5, 5.41) is 8.88. The standard InChI is InChI=1S/C10H18N2O4S/c1-16-5-3-11(2-4-13)9(14)6-12-8-17-7-10(12)15/h13H,2-8H2,1H3. The zero-order valence-corrected chi connectivity index (χ0v) is 10.7. The van der Waals surface area contributed by atoms with E-state index in [1.54, 1.807) is 7.11 Å². The van der Waals surface area contributed by atoms with Crippen LogP contribution in [0.3, 0.4) is 0 Å². The van der Waals surface area contributed by atoms with Crippen molar-refractivity contribution in [2.75, 3.05) is 51.6 Å². The van der Waals surface area contributed by atoms with Gasteiger partial charge in [-0.2, -0.15) is 0 Å². The molecule has 1 fully saturated rings. The van der Waals surface area contributed by atoms with Gasteiger partial charge in [0.25, 0.3) is 0 Å². The molecule has 0 radical (unpaired) electrons. The molecular weight excluding hydrogens is 244 g/mol. The number of nitrogens with zero attached hydrogens (tertiary/aromatic N) is 2. The van der Waals surface area contributed by atoms with Gasteiger partial charge in [-0.15, -0.1) is 11.8 Å². The molecule has 1 N–H and O–H groups in total. The molecule has 0 saturated carbocycles. The van der Waals surface area contributed by atoms with Crippen LogP contribution in [-0.2, 0) is 14.3 Å². The van der Waals surface area contributed by atoms with Gasteiger partial charge >= 0.3 is 0 Å². The third-order valence-electron chi connectivity index (χ3n) is 2.44. The Balaban J connectivity index is 2.43. The number of thioether (sulfide) groups is 1. The number of aliphatic hydroxyl groups excluding tert-OH is 1. The van der Waals surface area contributed by atoms with E-state index in [1.807, 2.05) is 0 Å². The van der Waals surface area contributed by atoms with E-state index in [2.05, 4.69) is 0 Å². The Morgan fingerprint density at radius 1 is 1.59 bits per heavy atom. The number of amides is 2. The average molecular weight is 262 g/mol. The third-order valence-corrected chi connectivity index (χ3v) is 3.38. The molecule has 2 amide bonds. The second-order valence-electron chi connectivity index (χ2n) is 3.67. The number of carbonyl (C=O) groups is 2. The highest BCUT2D eigenvalue weighted by Gasteiger charge is 2.24. The van der Waals surface area contributed by atoms with E-state index in [9.17, 15) is 9.59 Å². The molecule has 0 unspecified atom stereocenters. The van der Waals surface area contributed by atoms with Crippen molar-refractivity contribution >= 4 is 23.6 Å². The number of methoxy groups -OCH3 is 1. The van der Waals surface area contributed by atoms with Gasteiger partial charge in [-0.1, -0.05) is 0 Å². The van der Waals surface area contributed by atoms with Gasteiger partial charge in [0.2, 0.25) is 11.8 Å². The number of hydrogen-bond donors (Lipinski definition) is 1. The summed E-state index contributed by atoms with van der Waals surface area (Å²) in [6.45, 7) is 1.14. The minimum Gasteiger partial charge on any atom is -0.395 e. The zero-order valence-electron chi connectivity index (χ0n) is 9.92. The predicted molar refractivity (Wildman–Crippen MR) is 64.6 cm³/mol. The van der Waals surface area contributed by atoms with Crippen LogP contribution < -0.4 is 0 Å². The molecule has 0 aromatic heterocycles. The molecular formula is C10H18N2O4S. The summed E-state index contributed by atoms with van der Waals surface area (Å²) >= 11 is 1.51. The van der Waals surface area contributed by atoms with E-state index in [1.165, 1.54) is 21.6 Å². The summed E-state index contributed by atoms with van der Waals surface area (Å²) in [5.41, 5.74) is 0. The monoisotopic (exact) mass is 262 g/mol. The van der Waals surface area contributed by atoms with Crippen molar-refractivity contribution in [2.24, 2.45) is 0 Å². The molecule has 0 aliphatic carbocycles. The molecule has 0 atom stereocenters. The number of rotatable bonds is 7. The van der Waals surface area contributed by atoms with Crippen molar-refractivity contribution in [2.45, 2.75) is 0 Å². The van der Waals surface area contributed by atoms with Crippen molar-refractivity contribution < 1.29 is 19.4 Å². The van der Waals surface area contributed by atoms with E-state index in [0.29, 0.717) is 24.8 Å². The summed E-state index contributed by atoms with van der Waals surface area (Å²) < 4.78 is 4.90. The Labute approximate surface area is 105 Å². The highest BCUT2D eigenvalue weighted by molar-refractivity contribution is 8.00. The van der Waals surface area contributed by atoms with Gasteiger partial charge in [-0.25, -0.2) is 0 Å². The van der Waals surface area contributed by atoms with Crippen LogP contribution in [0.25, 0.3) is 0 Å². The molecule has 1 aliphatic heterocycles. The molecule has 17 heavy (non-hydrogen) atoms. The van der Waals surface area contributed by atoms with Crippen molar-refractivity contribution in [1.82, 2.24) is 9.80 Å². The first-order chi connectivity index (χ1) is 8.19. The topological polar surface area (TPSA) is 70.1 Å². The average Bonchev–Trinajstić information content (AvgIpc) is 2.70. The van der Waals surface area contributed by atoms with Crippen LogP contribution in [0.4, 0.5) is 0 Å². The lowest BCUT2D eigenvalue weighted by Crippen LogP contribution is -2.43. The SMILES string of the molecule is COCCN(CCO)C(=O)CN1CSCC1=O. The largest absolute Gasteiger partial charge is 0.395 e. The molecule has 0 aromatic carbocycles. The van der Waals surface area contributed by atoms with Gasteiger partial charge in [0.1, 0.15) is 6.54 Å². The predicted octanol–water partition coefficient (Wildman–Crippen LogP) is -1.01. The Hall–Kier alpha value is -0.790. The third kappa shape index (κ3) is 4.53. The maximum Gasteiger partial charge on any atom is 0.242 e. The van der Waals surface area contributed by atoms with Crippen molar-refractivity contribution in [3.63, 3.8) is 0 Å². The number of carbonyl (C=O) groups excluding carboxylic acids is 2. The smallest absolute Gasteiger partial charge is 0.242 e. The van der Waals surface area contributed by atoms with E-state index < -0.39 is 0 Å². The summed E-state index contributed by atoms with van der Waals surface area (Å²) in [6.07, 6.45) is 0. The molecule has 0 aromatic rings. The Bertz CT molecular complexity index is 275. The van der Waals surface area contributed by atoms with E-state index in [0.717, 1.165) is 0 Å². The lowest BCUT2D eigenvalue weighted by molar-refractivity contribution is -0.138. The van der Waals surface area contributed by atoms with Gasteiger partial charge in [0, 0.05) is 20.2 Å². The van der Waals surface area contributed by atoms with Gasteiger partial charge in [0.05, 0.1) is 24.8 Å². The molecule has 0 spiro atoms. The normalized spacial score (nSPS) is 15.4. The van der Waals surface area contributed by atoms with Crippen molar-refractivity contribution in [1.29, 1.82) is 0 Å². The van der Waals surface area contributed by atoms with Crippen LogP contribution in [0.15, 0.2) is 0 Å². The number of aliphatic hydroxyl groups is 1. The molecule has 1 aliphatic rings. The highest BCUT2D eigenvalue weighted by atomic mass is 32.2. The first-order valence-corrected chi connectivity index (χ1v) is 6.57. The van der Waals surface area contributed by atoms with Crippen LogP contribution in [0.2, 0.25) is 0 Å². The first-order valence-electron chi connectivity index (χ1n) is 5.42. The molecule has 6 nitrogen and oxygen atoms in total.